The molecule has 1 amide bonds. The van der Waals surface area contributed by atoms with E-state index in [-0.39, 0.29) is 12.5 Å². The summed E-state index contributed by atoms with van der Waals surface area (Å²) in [5.74, 6) is -0.0862. The van der Waals surface area contributed by atoms with Crippen LogP contribution in [-0.4, -0.2) is 33.0 Å². The van der Waals surface area contributed by atoms with Gasteiger partial charge in [-0.1, -0.05) is 0 Å². The normalized spacial score (nSPS) is 12.9. The smallest absolute Gasteiger partial charge is 0.226 e. The summed E-state index contributed by atoms with van der Waals surface area (Å²) in [4.78, 5) is 16.8. The van der Waals surface area contributed by atoms with E-state index >= 15 is 0 Å². The summed E-state index contributed by atoms with van der Waals surface area (Å²) < 4.78 is 1.93. The minimum atomic E-state index is -0.517. The molecule has 5 nitrogen and oxygen atoms in total. The minimum Gasteiger partial charge on any atom is -0.392 e. The molecule has 0 bridgehead atoms. The van der Waals surface area contributed by atoms with Crippen molar-refractivity contribution in [3.8, 4) is 0 Å². The Morgan fingerprint density at radius 2 is 2.47 bits per heavy atom. The predicted molar refractivity (Wildman–Crippen MR) is 66.2 cm³/mol. The summed E-state index contributed by atoms with van der Waals surface area (Å²) >= 11 is 1.52. The second-order valence-electron chi connectivity index (χ2n) is 4.09. The molecule has 0 radical (unpaired) electrons. The quantitative estimate of drug-likeness (QED) is 0.844. The maximum absolute atomic E-state index is 11.6. The third-order valence-corrected chi connectivity index (χ3v) is 3.23. The summed E-state index contributed by atoms with van der Waals surface area (Å²) in [6.07, 6.45) is 1.71. The van der Waals surface area contributed by atoms with E-state index in [1.54, 1.807) is 6.92 Å². The molecule has 6 heteroatoms. The molecule has 2 rings (SSSR count). The number of aryl methyl sites for hydroxylation is 1. The van der Waals surface area contributed by atoms with Crippen LogP contribution in [0.2, 0.25) is 0 Å². The van der Waals surface area contributed by atoms with Gasteiger partial charge in [0.15, 0.2) is 4.96 Å². The molecular weight excluding hydrogens is 238 g/mol. The van der Waals surface area contributed by atoms with E-state index in [0.717, 1.165) is 16.3 Å². The average molecular weight is 253 g/mol. The van der Waals surface area contributed by atoms with Gasteiger partial charge in [0, 0.05) is 23.8 Å². The molecule has 2 heterocycles. The molecule has 0 fully saturated rings. The summed E-state index contributed by atoms with van der Waals surface area (Å²) in [7, 11) is 0. The van der Waals surface area contributed by atoms with Crippen LogP contribution in [0.1, 0.15) is 18.3 Å². The predicted octanol–water partition coefficient (Wildman–Crippen LogP) is 0.744. The maximum atomic E-state index is 11.6. The number of nitrogens with zero attached hydrogens (tertiary/aromatic N) is 2. The van der Waals surface area contributed by atoms with Crippen molar-refractivity contribution >= 4 is 22.2 Å². The fourth-order valence-electron chi connectivity index (χ4n) is 1.56. The van der Waals surface area contributed by atoms with Gasteiger partial charge in [0.25, 0.3) is 0 Å². The van der Waals surface area contributed by atoms with Crippen LogP contribution in [0.4, 0.5) is 0 Å². The lowest BCUT2D eigenvalue weighted by atomic mass is 10.3. The first kappa shape index (κ1) is 12.1. The van der Waals surface area contributed by atoms with Crippen molar-refractivity contribution in [2.24, 2.45) is 0 Å². The molecule has 2 aromatic rings. The highest BCUT2D eigenvalue weighted by Crippen LogP contribution is 2.16. The second-order valence-corrected chi connectivity index (χ2v) is 4.93. The van der Waals surface area contributed by atoms with E-state index in [0.29, 0.717) is 6.42 Å². The van der Waals surface area contributed by atoms with E-state index in [4.69, 9.17) is 5.11 Å². The number of hydrogen-bond acceptors (Lipinski definition) is 4. The van der Waals surface area contributed by atoms with Crippen LogP contribution in [0, 0.1) is 6.92 Å². The van der Waals surface area contributed by atoms with Crippen molar-refractivity contribution in [3.63, 3.8) is 0 Å². The largest absolute Gasteiger partial charge is 0.392 e. The molecule has 0 aliphatic rings. The highest BCUT2D eigenvalue weighted by atomic mass is 32.1. The van der Waals surface area contributed by atoms with Gasteiger partial charge in [-0.25, -0.2) is 4.98 Å². The van der Waals surface area contributed by atoms with Gasteiger partial charge in [-0.05, 0) is 13.8 Å². The van der Waals surface area contributed by atoms with Crippen molar-refractivity contribution in [3.05, 3.63) is 23.0 Å². The monoisotopic (exact) mass is 253 g/mol. The first-order valence-corrected chi connectivity index (χ1v) is 6.31. The van der Waals surface area contributed by atoms with Crippen LogP contribution >= 0.6 is 11.3 Å². The number of aliphatic hydroxyl groups excluding tert-OH is 1. The molecule has 17 heavy (non-hydrogen) atoms. The number of carbonyl (C=O) groups is 1. The first-order chi connectivity index (χ1) is 8.06. The average Bonchev–Trinajstić information content (AvgIpc) is 2.76. The summed E-state index contributed by atoms with van der Waals surface area (Å²) in [5, 5.41) is 13.7. The van der Waals surface area contributed by atoms with Gasteiger partial charge in [-0.3, -0.25) is 9.20 Å². The Labute approximate surface area is 103 Å². The van der Waals surface area contributed by atoms with Gasteiger partial charge in [0.05, 0.1) is 18.2 Å². The van der Waals surface area contributed by atoms with Gasteiger partial charge in [0.2, 0.25) is 5.91 Å². The van der Waals surface area contributed by atoms with Crippen LogP contribution in [0.25, 0.3) is 4.96 Å². The first-order valence-electron chi connectivity index (χ1n) is 5.43. The summed E-state index contributed by atoms with van der Waals surface area (Å²) in [6, 6.07) is 0. The number of thiazole rings is 1. The standard InChI is InChI=1S/C11H15N3O2S/c1-7-5-14-9(6-17-11(14)13-7)3-10(16)12-4-8(2)15/h5-6,8,15H,3-4H2,1-2H3,(H,12,16). The highest BCUT2D eigenvalue weighted by molar-refractivity contribution is 7.15. The van der Waals surface area contributed by atoms with Crippen molar-refractivity contribution < 1.29 is 9.90 Å². The number of carbonyl (C=O) groups excluding carboxylic acids is 1. The van der Waals surface area contributed by atoms with E-state index < -0.39 is 6.10 Å². The number of nitrogens with one attached hydrogen (secondary N) is 1. The van der Waals surface area contributed by atoms with E-state index in [9.17, 15) is 4.79 Å². The van der Waals surface area contributed by atoms with Crippen molar-refractivity contribution in [2.75, 3.05) is 6.54 Å². The Balaban J connectivity index is 2.05. The number of imidazole rings is 1. The molecule has 1 atom stereocenters. The van der Waals surface area contributed by atoms with Crippen LogP contribution in [-0.2, 0) is 11.2 Å². The molecule has 0 aliphatic carbocycles. The fraction of sp³-hybridized carbons (Fsp3) is 0.455. The second kappa shape index (κ2) is 4.85. The molecule has 0 spiro atoms. The molecule has 0 saturated heterocycles. The van der Waals surface area contributed by atoms with E-state index in [2.05, 4.69) is 10.3 Å². The SMILES string of the molecule is Cc1cn2c(CC(=O)NCC(C)O)csc2n1. The molecule has 1 unspecified atom stereocenters. The van der Waals surface area contributed by atoms with Crippen molar-refractivity contribution in [2.45, 2.75) is 26.4 Å². The number of aromatic nitrogens is 2. The van der Waals surface area contributed by atoms with Crippen molar-refractivity contribution in [1.82, 2.24) is 14.7 Å². The van der Waals surface area contributed by atoms with Gasteiger partial charge in [0.1, 0.15) is 0 Å². The maximum Gasteiger partial charge on any atom is 0.226 e. The molecular formula is C11H15N3O2S. The third kappa shape index (κ3) is 2.83. The molecule has 0 aromatic carbocycles. The zero-order valence-electron chi connectivity index (χ0n) is 9.80. The zero-order chi connectivity index (χ0) is 12.4. The molecule has 2 aromatic heterocycles. The van der Waals surface area contributed by atoms with Crippen molar-refractivity contribution in [1.29, 1.82) is 0 Å². The van der Waals surface area contributed by atoms with Gasteiger partial charge in [-0.15, -0.1) is 11.3 Å². The number of amides is 1. The lowest BCUT2D eigenvalue weighted by Gasteiger charge is -2.06. The van der Waals surface area contributed by atoms with Gasteiger partial charge < -0.3 is 10.4 Å². The zero-order valence-corrected chi connectivity index (χ0v) is 10.6. The van der Waals surface area contributed by atoms with E-state index in [1.165, 1.54) is 11.3 Å². The Hall–Kier alpha value is -1.40. The summed E-state index contributed by atoms with van der Waals surface area (Å²) in [6.45, 7) is 3.86. The number of fused-ring (bicyclic) bond motifs is 1. The Morgan fingerprint density at radius 3 is 3.18 bits per heavy atom. The Kier molecular flexibility index (Phi) is 3.44. The van der Waals surface area contributed by atoms with Gasteiger partial charge in [-0.2, -0.15) is 0 Å². The van der Waals surface area contributed by atoms with Crippen LogP contribution in [0.5, 0.6) is 0 Å². The molecule has 0 aliphatic heterocycles. The number of hydrogen-bond donors (Lipinski definition) is 2. The Morgan fingerprint density at radius 1 is 1.71 bits per heavy atom. The molecule has 2 N–H and O–H groups in total. The fourth-order valence-corrected chi connectivity index (χ4v) is 2.48. The lowest BCUT2D eigenvalue weighted by Crippen LogP contribution is -2.31. The lowest BCUT2D eigenvalue weighted by molar-refractivity contribution is -0.120. The van der Waals surface area contributed by atoms with Gasteiger partial charge >= 0.3 is 0 Å². The van der Waals surface area contributed by atoms with Crippen LogP contribution in [0.3, 0.4) is 0 Å². The topological polar surface area (TPSA) is 66.6 Å². The Bertz CT molecular complexity index is 530. The highest BCUT2D eigenvalue weighted by Gasteiger charge is 2.10. The molecule has 0 saturated carbocycles. The summed E-state index contributed by atoms with van der Waals surface area (Å²) in [5.41, 5.74) is 1.87. The van der Waals surface area contributed by atoms with Crippen LogP contribution in [0.15, 0.2) is 11.6 Å². The third-order valence-electron chi connectivity index (χ3n) is 2.34. The number of aliphatic hydroxyl groups is 1. The molecule has 92 valence electrons. The number of rotatable bonds is 4. The minimum absolute atomic E-state index is 0.0862. The van der Waals surface area contributed by atoms with Crippen LogP contribution < -0.4 is 5.32 Å². The van der Waals surface area contributed by atoms with E-state index in [1.807, 2.05) is 22.9 Å².